The van der Waals surface area contributed by atoms with Gasteiger partial charge < -0.3 is 15.1 Å². The first-order valence-corrected chi connectivity index (χ1v) is 12.1. The van der Waals surface area contributed by atoms with Crippen LogP contribution in [-0.2, 0) is 11.2 Å². The number of rotatable bonds is 13. The Morgan fingerprint density at radius 3 is 2.56 bits per heavy atom. The van der Waals surface area contributed by atoms with E-state index in [4.69, 9.17) is 14.8 Å². The van der Waals surface area contributed by atoms with Gasteiger partial charge in [-0.3, -0.25) is 4.79 Å². The van der Waals surface area contributed by atoms with E-state index >= 15 is 0 Å². The zero-order chi connectivity index (χ0) is 22.9. The molecule has 0 saturated heterocycles. The van der Waals surface area contributed by atoms with Crippen LogP contribution in [0.1, 0.15) is 65.6 Å². The maximum absolute atomic E-state index is 11.4. The molecule has 0 spiro atoms. The van der Waals surface area contributed by atoms with Gasteiger partial charge in [-0.15, -0.1) is 0 Å². The van der Waals surface area contributed by atoms with Gasteiger partial charge in [-0.2, -0.15) is 4.73 Å². The lowest BCUT2D eigenvalue weighted by Crippen LogP contribution is -2.24. The summed E-state index contributed by atoms with van der Waals surface area (Å²) >= 11 is 0. The van der Waals surface area contributed by atoms with Gasteiger partial charge in [-0.05, 0) is 39.2 Å². The van der Waals surface area contributed by atoms with Crippen molar-refractivity contribution < 1.29 is 9.63 Å². The lowest BCUT2D eigenvalue weighted by atomic mass is 10.2. The number of aryl methyl sites for hydroxylation is 1. The zero-order valence-corrected chi connectivity index (χ0v) is 20.0. The predicted octanol–water partition coefficient (Wildman–Crippen LogP) is 4.51. The molecule has 0 fully saturated rings. The number of pyridine rings is 1. The van der Waals surface area contributed by atoms with Crippen molar-refractivity contribution in [3.8, 4) is 0 Å². The number of benzene rings is 1. The Bertz CT molecular complexity index is 1030. The van der Waals surface area contributed by atoms with Gasteiger partial charge in [0.1, 0.15) is 23.5 Å². The number of hydrogen-bond acceptors (Lipinski definition) is 5. The van der Waals surface area contributed by atoms with Crippen molar-refractivity contribution in [2.75, 3.05) is 31.1 Å². The summed E-state index contributed by atoms with van der Waals surface area (Å²) in [6.07, 6.45) is 5.29. The summed E-state index contributed by atoms with van der Waals surface area (Å²) in [6, 6.07) is 8.22. The molecule has 2 aromatic heterocycles. The van der Waals surface area contributed by atoms with Crippen LogP contribution >= 0.6 is 0 Å². The van der Waals surface area contributed by atoms with Gasteiger partial charge in [0.15, 0.2) is 5.82 Å². The van der Waals surface area contributed by atoms with Crippen LogP contribution in [0, 0.1) is 0 Å². The molecule has 1 aromatic carbocycles. The molecule has 0 aliphatic carbocycles. The summed E-state index contributed by atoms with van der Waals surface area (Å²) in [6.45, 7) is 11.4. The molecular formula is C25H37N5O2. The minimum Gasteiger partial charge on any atom is -0.412 e. The highest BCUT2D eigenvalue weighted by atomic mass is 16.7. The smallest absolute Gasteiger partial charge is 0.219 e. The standard InChI is InChI=1S/C25H37N5O2/c1-5-9-16-21-28-23-24(30(21)32-18-13-12-17-26-22(31)6-2)19-14-10-11-15-20(19)27-25(23)29(7-3)8-4/h10-11,14-15H,5-9,12-13,16-18H2,1-4H3,(H,26,31). The monoisotopic (exact) mass is 439 g/mol. The number of anilines is 1. The third kappa shape index (κ3) is 5.31. The fraction of sp³-hybridized carbons (Fsp3) is 0.560. The Labute approximate surface area is 191 Å². The van der Waals surface area contributed by atoms with E-state index in [9.17, 15) is 4.79 Å². The molecule has 3 aromatic rings. The van der Waals surface area contributed by atoms with Crippen LogP contribution in [0.3, 0.4) is 0 Å². The van der Waals surface area contributed by atoms with Crippen molar-refractivity contribution >= 4 is 33.7 Å². The summed E-state index contributed by atoms with van der Waals surface area (Å²) in [7, 11) is 0. The molecule has 0 bridgehead atoms. The second kappa shape index (κ2) is 11.7. The van der Waals surface area contributed by atoms with Crippen molar-refractivity contribution in [3.63, 3.8) is 0 Å². The molecule has 1 amide bonds. The van der Waals surface area contributed by atoms with Crippen LogP contribution in [0.15, 0.2) is 24.3 Å². The number of unbranched alkanes of at least 4 members (excludes halogenated alkanes) is 2. The van der Waals surface area contributed by atoms with Gasteiger partial charge in [0.25, 0.3) is 0 Å². The highest BCUT2D eigenvalue weighted by Crippen LogP contribution is 2.32. The molecule has 0 radical (unpaired) electrons. The highest BCUT2D eigenvalue weighted by molar-refractivity contribution is 6.07. The molecule has 1 N–H and O–H groups in total. The Morgan fingerprint density at radius 2 is 1.84 bits per heavy atom. The van der Waals surface area contributed by atoms with Gasteiger partial charge in [0.05, 0.1) is 5.52 Å². The summed E-state index contributed by atoms with van der Waals surface area (Å²) in [4.78, 5) is 30.0. The number of carbonyl (C=O) groups excluding carboxylic acids is 1. The van der Waals surface area contributed by atoms with Crippen molar-refractivity contribution in [1.82, 2.24) is 20.0 Å². The number of aromatic nitrogens is 3. The maximum Gasteiger partial charge on any atom is 0.219 e. The molecule has 2 heterocycles. The zero-order valence-electron chi connectivity index (χ0n) is 20.0. The molecule has 0 aliphatic heterocycles. The fourth-order valence-electron chi connectivity index (χ4n) is 3.89. The number of hydrogen-bond donors (Lipinski definition) is 1. The van der Waals surface area contributed by atoms with E-state index in [0.717, 1.165) is 78.8 Å². The average Bonchev–Trinajstić information content (AvgIpc) is 3.19. The van der Waals surface area contributed by atoms with Gasteiger partial charge >= 0.3 is 0 Å². The first-order valence-electron chi connectivity index (χ1n) is 12.1. The summed E-state index contributed by atoms with van der Waals surface area (Å²) in [5.41, 5.74) is 2.87. The molecule has 7 nitrogen and oxygen atoms in total. The quantitative estimate of drug-likeness (QED) is 0.397. The SMILES string of the molecule is CCCCc1nc2c(N(CC)CC)nc3ccccc3c2n1OCCCCNC(=O)CC. The van der Waals surface area contributed by atoms with Gasteiger partial charge in [-0.1, -0.05) is 38.5 Å². The second-order valence-corrected chi connectivity index (χ2v) is 7.99. The first-order chi connectivity index (χ1) is 15.6. The maximum atomic E-state index is 11.4. The Hall–Kier alpha value is -2.83. The van der Waals surface area contributed by atoms with Crippen LogP contribution in [0.2, 0.25) is 0 Å². The summed E-state index contributed by atoms with van der Waals surface area (Å²) < 4.78 is 1.95. The van der Waals surface area contributed by atoms with Crippen molar-refractivity contribution in [2.24, 2.45) is 0 Å². The van der Waals surface area contributed by atoms with E-state index in [1.807, 2.05) is 23.8 Å². The first kappa shape index (κ1) is 23.8. The van der Waals surface area contributed by atoms with Crippen LogP contribution in [-0.4, -0.2) is 46.8 Å². The number of nitrogens with zero attached hydrogens (tertiary/aromatic N) is 4. The third-order valence-electron chi connectivity index (χ3n) is 5.75. The molecule has 0 aliphatic rings. The molecule has 0 unspecified atom stereocenters. The van der Waals surface area contributed by atoms with Crippen molar-refractivity contribution in [3.05, 3.63) is 30.1 Å². The summed E-state index contributed by atoms with van der Waals surface area (Å²) in [5.74, 6) is 1.97. The molecule has 0 saturated carbocycles. The van der Waals surface area contributed by atoms with Gasteiger partial charge in [0, 0.05) is 37.9 Å². The van der Waals surface area contributed by atoms with Crippen molar-refractivity contribution in [2.45, 2.75) is 66.2 Å². The normalized spacial score (nSPS) is 11.2. The van der Waals surface area contributed by atoms with Crippen LogP contribution in [0.4, 0.5) is 5.82 Å². The van der Waals surface area contributed by atoms with Crippen LogP contribution in [0.25, 0.3) is 21.9 Å². The van der Waals surface area contributed by atoms with E-state index in [0.29, 0.717) is 19.6 Å². The fourth-order valence-corrected chi connectivity index (χ4v) is 3.89. The lowest BCUT2D eigenvalue weighted by Gasteiger charge is -2.21. The number of fused-ring (bicyclic) bond motifs is 3. The van der Waals surface area contributed by atoms with Crippen LogP contribution in [0.5, 0.6) is 0 Å². The van der Waals surface area contributed by atoms with Gasteiger partial charge in [-0.25, -0.2) is 9.97 Å². The molecule has 174 valence electrons. The summed E-state index contributed by atoms with van der Waals surface area (Å²) in [5, 5.41) is 3.98. The number of para-hydroxylation sites is 1. The number of carbonyl (C=O) groups is 1. The van der Waals surface area contributed by atoms with Gasteiger partial charge in [0.2, 0.25) is 5.91 Å². The number of nitrogens with one attached hydrogen (secondary N) is 1. The molecular weight excluding hydrogens is 402 g/mol. The van der Waals surface area contributed by atoms with E-state index in [1.165, 1.54) is 0 Å². The highest BCUT2D eigenvalue weighted by Gasteiger charge is 2.21. The molecule has 32 heavy (non-hydrogen) atoms. The molecule has 0 atom stereocenters. The largest absolute Gasteiger partial charge is 0.412 e. The Balaban J connectivity index is 1.96. The van der Waals surface area contributed by atoms with E-state index in [1.54, 1.807) is 0 Å². The van der Waals surface area contributed by atoms with Crippen molar-refractivity contribution in [1.29, 1.82) is 0 Å². The minimum absolute atomic E-state index is 0.0938. The topological polar surface area (TPSA) is 72.3 Å². The Kier molecular flexibility index (Phi) is 8.71. The minimum atomic E-state index is 0.0938. The van der Waals surface area contributed by atoms with Crippen LogP contribution < -0.4 is 15.1 Å². The predicted molar refractivity (Wildman–Crippen MR) is 131 cm³/mol. The third-order valence-corrected chi connectivity index (χ3v) is 5.75. The lowest BCUT2D eigenvalue weighted by molar-refractivity contribution is -0.120. The number of amides is 1. The second-order valence-electron chi connectivity index (χ2n) is 7.99. The average molecular weight is 440 g/mol. The van der Waals surface area contributed by atoms with E-state index < -0.39 is 0 Å². The molecule has 3 rings (SSSR count). The number of imidazole rings is 1. The van der Waals surface area contributed by atoms with E-state index in [2.05, 4.69) is 43.1 Å². The molecule has 7 heteroatoms. The van der Waals surface area contributed by atoms with E-state index in [-0.39, 0.29) is 5.91 Å². The Morgan fingerprint density at radius 1 is 1.06 bits per heavy atom.